The predicted molar refractivity (Wildman–Crippen MR) is 92.3 cm³/mol. The molecule has 0 radical (unpaired) electrons. The summed E-state index contributed by atoms with van der Waals surface area (Å²) >= 11 is 17.6. The van der Waals surface area contributed by atoms with Crippen molar-refractivity contribution < 1.29 is 19.3 Å². The van der Waals surface area contributed by atoms with E-state index in [4.69, 9.17) is 45.3 Å². The van der Waals surface area contributed by atoms with Gasteiger partial charge in [0, 0.05) is 6.04 Å². The first kappa shape index (κ1) is 19.1. The van der Waals surface area contributed by atoms with Crippen LogP contribution in [0.5, 0.6) is 0 Å². The van der Waals surface area contributed by atoms with Crippen LogP contribution in [-0.2, 0) is 9.53 Å². The van der Waals surface area contributed by atoms with Gasteiger partial charge in [0.15, 0.2) is 6.61 Å². The minimum Gasteiger partial charge on any atom is -0.448 e. The number of carbonyl (C=O) groups excluding carboxylic acids is 2. The van der Waals surface area contributed by atoms with Crippen molar-refractivity contribution in [3.05, 3.63) is 20.9 Å². The second-order valence-electron chi connectivity index (χ2n) is 5.87. The molecule has 0 unspecified atom stereocenters. The van der Waals surface area contributed by atoms with Crippen LogP contribution in [0, 0.1) is 5.92 Å². The number of esters is 1. The normalized spacial score (nSPS) is 20.5. The Labute approximate surface area is 155 Å². The molecule has 0 aliphatic heterocycles. The van der Waals surface area contributed by atoms with Gasteiger partial charge < -0.3 is 15.8 Å². The number of H-pyrrole nitrogens is 1. The molecule has 1 aliphatic carbocycles. The zero-order valence-corrected chi connectivity index (χ0v) is 15.4. The van der Waals surface area contributed by atoms with E-state index < -0.39 is 12.6 Å². The predicted octanol–water partition coefficient (Wildman–Crippen LogP) is 2.89. The first-order chi connectivity index (χ1) is 11.3. The summed E-state index contributed by atoms with van der Waals surface area (Å²) in [6.07, 6.45) is 4.28. The number of nitrogen functional groups attached to an aromatic ring is 1. The molecule has 0 aromatic carbocycles. The lowest BCUT2D eigenvalue weighted by Gasteiger charge is -2.29. The van der Waals surface area contributed by atoms with Crippen LogP contribution >= 0.6 is 34.8 Å². The Bertz CT molecular complexity index is 655. The molecule has 1 fully saturated rings. The molecule has 24 heavy (non-hydrogen) atoms. The molecule has 132 valence electrons. The molecule has 2 rings (SSSR count). The summed E-state index contributed by atoms with van der Waals surface area (Å²) in [4.78, 5) is 26.5. The molecule has 1 heterocycles. The van der Waals surface area contributed by atoms with E-state index in [2.05, 4.69) is 17.2 Å². The van der Waals surface area contributed by atoms with Crippen molar-refractivity contribution in [1.29, 1.82) is 0 Å². The maximum Gasteiger partial charge on any atom is 0.405 e. The second kappa shape index (κ2) is 8.23. The number of aromatic nitrogens is 1. The molecular formula is C15H19Cl3N3O3+. The van der Waals surface area contributed by atoms with Gasteiger partial charge in [0.25, 0.3) is 11.1 Å². The van der Waals surface area contributed by atoms with Gasteiger partial charge in [0.2, 0.25) is 0 Å². The molecule has 0 saturated heterocycles. The van der Waals surface area contributed by atoms with E-state index in [1.807, 2.05) is 0 Å². The average molecular weight is 396 g/mol. The third-order valence-corrected chi connectivity index (χ3v) is 5.28. The Hall–Kier alpha value is -1.24. The third-order valence-electron chi connectivity index (χ3n) is 4.12. The highest BCUT2D eigenvalue weighted by molar-refractivity contribution is 6.45. The van der Waals surface area contributed by atoms with Crippen molar-refractivity contribution >= 4 is 52.4 Å². The summed E-state index contributed by atoms with van der Waals surface area (Å²) in [5.74, 6) is -0.778. The summed E-state index contributed by atoms with van der Waals surface area (Å²) in [6.45, 7) is 1.69. The van der Waals surface area contributed by atoms with E-state index in [0.29, 0.717) is 5.92 Å². The van der Waals surface area contributed by atoms with E-state index in [9.17, 15) is 9.59 Å². The summed E-state index contributed by atoms with van der Waals surface area (Å²) < 4.78 is 4.97. The number of pyridine rings is 1. The number of halogens is 3. The fourth-order valence-electron chi connectivity index (χ4n) is 2.69. The van der Waals surface area contributed by atoms with Crippen LogP contribution in [0.25, 0.3) is 0 Å². The molecule has 4 N–H and O–H groups in total. The number of carbonyl (C=O) groups is 2. The summed E-state index contributed by atoms with van der Waals surface area (Å²) in [5, 5.41) is 2.77. The maximum atomic E-state index is 12.1. The molecule has 1 aliphatic rings. The van der Waals surface area contributed by atoms with E-state index in [1.165, 1.54) is 6.42 Å². The lowest BCUT2D eigenvalue weighted by atomic mass is 9.86. The van der Waals surface area contributed by atoms with E-state index in [0.717, 1.165) is 19.3 Å². The molecule has 1 saturated carbocycles. The number of hydrogen-bond acceptors (Lipinski definition) is 4. The topological polar surface area (TPSA) is 95.6 Å². The van der Waals surface area contributed by atoms with Gasteiger partial charge in [0.05, 0.1) is 5.69 Å². The molecule has 0 spiro atoms. The molecule has 1 amide bonds. The van der Waals surface area contributed by atoms with Gasteiger partial charge in [-0.1, -0.05) is 43.0 Å². The van der Waals surface area contributed by atoms with Gasteiger partial charge in [-0.15, -0.1) is 0 Å². The van der Waals surface area contributed by atoms with Gasteiger partial charge in [0.1, 0.15) is 10.0 Å². The van der Waals surface area contributed by atoms with Crippen molar-refractivity contribution in [2.24, 2.45) is 5.92 Å². The van der Waals surface area contributed by atoms with Gasteiger partial charge >= 0.3 is 11.7 Å². The Morgan fingerprint density at radius 1 is 1.25 bits per heavy atom. The molecule has 1 aromatic heterocycles. The van der Waals surface area contributed by atoms with E-state index in [1.54, 1.807) is 0 Å². The summed E-state index contributed by atoms with van der Waals surface area (Å²) in [6, 6.07) is 0.112. The number of hydrogen-bond donors (Lipinski definition) is 2. The van der Waals surface area contributed by atoms with Gasteiger partial charge in [-0.25, -0.2) is 4.79 Å². The first-order valence-corrected chi connectivity index (χ1v) is 8.76. The molecule has 0 bridgehead atoms. The Kier molecular flexibility index (Phi) is 6.54. The van der Waals surface area contributed by atoms with Crippen molar-refractivity contribution in [1.82, 2.24) is 5.32 Å². The quantitative estimate of drug-likeness (QED) is 0.605. The zero-order valence-electron chi connectivity index (χ0n) is 13.1. The van der Waals surface area contributed by atoms with Crippen LogP contribution in [0.15, 0.2) is 0 Å². The van der Waals surface area contributed by atoms with Crippen molar-refractivity contribution in [3.63, 3.8) is 0 Å². The largest absolute Gasteiger partial charge is 0.448 e. The monoisotopic (exact) mass is 394 g/mol. The van der Waals surface area contributed by atoms with Crippen LogP contribution in [-0.4, -0.2) is 24.5 Å². The molecule has 9 heteroatoms. The molecule has 2 atom stereocenters. The standard InChI is InChI=1S/C15H18Cl3N3O3/c1-7-4-2-3-5-8(7)20-9(22)6-24-15(23)13-10(16)12(19)11(17)14(18)21-13/h7-8H,2-6H2,1H3,(H2,19,21)(H,20,22)/p+1/t7-,8-/m0/s1. The SMILES string of the molecule is C[C@H]1CCCC[C@@H]1NC(=O)COC(=O)c1[nH+]c(Cl)c(Cl)c(N)c1Cl. The van der Waals surface area contributed by atoms with Crippen molar-refractivity contribution in [3.8, 4) is 0 Å². The third kappa shape index (κ3) is 4.43. The van der Waals surface area contributed by atoms with E-state index in [-0.39, 0.29) is 38.5 Å². The molecule has 1 aromatic rings. The van der Waals surface area contributed by atoms with Gasteiger partial charge in [-0.2, -0.15) is 4.98 Å². The van der Waals surface area contributed by atoms with Crippen LogP contribution in [0.1, 0.15) is 43.1 Å². The molecular weight excluding hydrogens is 377 g/mol. The fraction of sp³-hybridized carbons (Fsp3) is 0.533. The van der Waals surface area contributed by atoms with Crippen molar-refractivity contribution in [2.45, 2.75) is 38.6 Å². The van der Waals surface area contributed by atoms with E-state index >= 15 is 0 Å². The Morgan fingerprint density at radius 2 is 1.92 bits per heavy atom. The summed E-state index contributed by atoms with van der Waals surface area (Å²) in [5.41, 5.74) is 5.48. The number of nitrogens with one attached hydrogen (secondary N) is 2. The lowest BCUT2D eigenvalue weighted by Crippen LogP contribution is -2.43. The smallest absolute Gasteiger partial charge is 0.405 e. The van der Waals surface area contributed by atoms with Gasteiger partial charge in [-0.3, -0.25) is 4.79 Å². The first-order valence-electron chi connectivity index (χ1n) is 7.63. The lowest BCUT2D eigenvalue weighted by molar-refractivity contribution is -0.380. The van der Waals surface area contributed by atoms with Crippen LogP contribution in [0.2, 0.25) is 15.2 Å². The number of ether oxygens (including phenoxy) is 1. The Balaban J connectivity index is 1.94. The number of nitrogens with two attached hydrogens (primary N) is 1. The minimum atomic E-state index is -0.836. The Morgan fingerprint density at radius 3 is 2.58 bits per heavy atom. The fourth-order valence-corrected chi connectivity index (χ4v) is 3.30. The highest BCUT2D eigenvalue weighted by atomic mass is 35.5. The second-order valence-corrected chi connectivity index (χ2v) is 7.00. The van der Waals surface area contributed by atoms with Crippen LogP contribution in [0.4, 0.5) is 5.69 Å². The summed E-state index contributed by atoms with van der Waals surface area (Å²) in [7, 11) is 0. The number of amides is 1. The zero-order chi connectivity index (χ0) is 17.9. The average Bonchev–Trinajstić information content (AvgIpc) is 2.56. The van der Waals surface area contributed by atoms with Gasteiger partial charge in [-0.05, 0) is 30.4 Å². The number of aromatic amines is 1. The van der Waals surface area contributed by atoms with Crippen molar-refractivity contribution in [2.75, 3.05) is 12.3 Å². The maximum absolute atomic E-state index is 12.1. The highest BCUT2D eigenvalue weighted by Gasteiger charge is 2.28. The molecule has 6 nitrogen and oxygen atoms in total. The van der Waals surface area contributed by atoms with Crippen LogP contribution in [0.3, 0.4) is 0 Å². The number of rotatable bonds is 4. The number of anilines is 1. The van der Waals surface area contributed by atoms with Crippen LogP contribution < -0.4 is 16.0 Å². The highest BCUT2D eigenvalue weighted by Crippen LogP contribution is 2.32. The minimum absolute atomic E-state index is 0.0160.